The Balaban J connectivity index is 0.00000686. The molecule has 8 heteroatoms. The molecule has 1 aliphatic rings. The monoisotopic (exact) mass is 1310 g/mol. The number of para-hydroxylation sites is 3. The number of anilines is 4. The Hall–Kier alpha value is -8.74. The number of furan rings is 1. The van der Waals surface area contributed by atoms with E-state index < -0.39 is 8.07 Å². The smallest absolute Gasteiger partial charge is 0.179 e. The van der Waals surface area contributed by atoms with Crippen molar-refractivity contribution in [3.8, 4) is 28.4 Å². The zero-order valence-corrected chi connectivity index (χ0v) is 53.3. The number of benzene rings is 10. The SMILES string of the molecule is CC(C)(C)c1cc(N2[CH-]N(c3[c-]c(Oc4[c-]c5c(cc4)c4cc([Si](c6ccccc6)(c6ccccc6)c6ccccc6)ccc4n5-c4cc(C(C)(C)C)ccn4)ccc3)c3cccc(-c4cccc5c4oc4ccccc45)c32)cc(C(C)(C)C)c1.[Pt]. The summed E-state index contributed by atoms with van der Waals surface area (Å²) in [6.45, 7) is 22.7. The molecule has 0 aliphatic carbocycles. The van der Waals surface area contributed by atoms with Crippen molar-refractivity contribution in [1.29, 1.82) is 0 Å². The summed E-state index contributed by atoms with van der Waals surface area (Å²) in [5.41, 5.74) is 13.2. The molecule has 0 radical (unpaired) electrons. The van der Waals surface area contributed by atoms with E-state index in [4.69, 9.17) is 14.1 Å². The summed E-state index contributed by atoms with van der Waals surface area (Å²) in [4.78, 5) is 9.70. The Morgan fingerprint density at radius 1 is 0.465 bits per heavy atom. The predicted molar refractivity (Wildman–Crippen MR) is 357 cm³/mol. The van der Waals surface area contributed by atoms with E-state index in [0.29, 0.717) is 11.5 Å². The molecule has 3 aromatic heterocycles. The second-order valence-electron chi connectivity index (χ2n) is 25.7. The van der Waals surface area contributed by atoms with Crippen LogP contribution in [0, 0.1) is 18.8 Å². The van der Waals surface area contributed by atoms with E-state index in [1.807, 2.05) is 24.4 Å². The molecule has 0 fully saturated rings. The molecule has 0 unspecified atom stereocenters. The molecule has 428 valence electrons. The number of hydrogen-bond acceptors (Lipinski definition) is 5. The van der Waals surface area contributed by atoms with Crippen molar-refractivity contribution in [2.75, 3.05) is 9.80 Å². The Morgan fingerprint density at radius 3 is 1.72 bits per heavy atom. The Labute approximate surface area is 520 Å². The van der Waals surface area contributed by atoms with Crippen molar-refractivity contribution in [1.82, 2.24) is 9.55 Å². The van der Waals surface area contributed by atoms with Gasteiger partial charge in [0, 0.05) is 83.2 Å². The van der Waals surface area contributed by atoms with Gasteiger partial charge in [-0.25, -0.2) is 4.98 Å². The third kappa shape index (κ3) is 9.75. The number of ether oxygens (including phenoxy) is 1. The number of rotatable bonds is 10. The van der Waals surface area contributed by atoms with Crippen molar-refractivity contribution in [2.45, 2.75) is 78.6 Å². The first-order chi connectivity index (χ1) is 41.0. The van der Waals surface area contributed by atoms with Gasteiger partial charge in [-0.15, -0.1) is 48.1 Å². The quantitative estimate of drug-likeness (QED) is 0.0776. The normalized spacial score (nSPS) is 13.0. The summed E-state index contributed by atoms with van der Waals surface area (Å²) in [5, 5.41) is 9.63. The predicted octanol–water partition coefficient (Wildman–Crippen LogP) is 17.8. The maximum atomic E-state index is 6.97. The number of pyridine rings is 1. The van der Waals surface area contributed by atoms with Gasteiger partial charge in [-0.3, -0.25) is 0 Å². The van der Waals surface area contributed by atoms with Gasteiger partial charge < -0.3 is 23.5 Å². The molecule has 1 aliphatic heterocycles. The van der Waals surface area contributed by atoms with Crippen LogP contribution in [0.2, 0.25) is 0 Å². The van der Waals surface area contributed by atoms with Crippen molar-refractivity contribution in [2.24, 2.45) is 0 Å². The van der Waals surface area contributed by atoms with Crippen molar-refractivity contribution >= 4 is 95.3 Å². The van der Waals surface area contributed by atoms with Crippen LogP contribution in [0.25, 0.3) is 60.7 Å². The van der Waals surface area contributed by atoms with Crippen molar-refractivity contribution < 1.29 is 30.2 Å². The summed E-state index contributed by atoms with van der Waals surface area (Å²) in [6.07, 6.45) is 1.93. The van der Waals surface area contributed by atoms with Crippen molar-refractivity contribution in [3.05, 3.63) is 272 Å². The van der Waals surface area contributed by atoms with Crippen LogP contribution >= 0.6 is 0 Å². The first kappa shape index (κ1) is 56.4. The van der Waals surface area contributed by atoms with Gasteiger partial charge in [-0.1, -0.05) is 226 Å². The van der Waals surface area contributed by atoms with E-state index in [0.717, 1.165) is 83.4 Å². The molecule has 13 aromatic rings. The van der Waals surface area contributed by atoms with Gasteiger partial charge in [0.05, 0.1) is 0 Å². The minimum absolute atomic E-state index is 0. The van der Waals surface area contributed by atoms with E-state index in [1.165, 1.54) is 37.4 Å². The Morgan fingerprint density at radius 2 is 1.06 bits per heavy atom. The average Bonchev–Trinajstić information content (AvgIpc) is 2.53. The van der Waals surface area contributed by atoms with E-state index in [-0.39, 0.29) is 37.3 Å². The van der Waals surface area contributed by atoms with Crippen molar-refractivity contribution in [3.63, 3.8) is 0 Å². The third-order valence-electron chi connectivity index (χ3n) is 17.1. The summed E-state index contributed by atoms with van der Waals surface area (Å²) in [5.74, 6) is 1.96. The maximum absolute atomic E-state index is 6.97. The first-order valence-corrected chi connectivity index (χ1v) is 31.5. The van der Waals surface area contributed by atoms with Crippen LogP contribution in [0.15, 0.2) is 241 Å². The molecule has 0 spiro atoms. The standard InChI is InChI=1S/C78H67N4O2Si.Pt/c1-76(2,3)52-42-43-79-73(47-52)82-69-41-39-62(85(59-26-13-10-14-27-59,60-28-15-11-16-29-60)61-30-17-12-18-31-61)50-68(69)63-40-38-58(49-71(63)82)83-57-25-21-24-55(48-57)80-51-81(56-45-53(77(4,5)6)44-54(46-56)78(7,8)9)74-65(33-23-36-70(74)80)67-35-22-34-66-64-32-19-20-37-72(64)84-75(66)67;/h10-47,50-51H,1-9H3;/q-3;. The van der Waals surface area contributed by atoms with E-state index >= 15 is 0 Å². The molecule has 0 saturated carbocycles. The second-order valence-corrected chi connectivity index (χ2v) is 29.5. The van der Waals surface area contributed by atoms with Crippen LogP contribution in [-0.4, -0.2) is 17.6 Å². The zero-order valence-electron chi connectivity index (χ0n) is 50.0. The molecule has 6 nitrogen and oxygen atoms in total. The largest absolute Gasteiger partial charge is 0.509 e. The molecular formula is C78H67N4O2PtSi-3. The topological polar surface area (TPSA) is 46.7 Å². The summed E-state index contributed by atoms with van der Waals surface area (Å²) in [6, 6.07) is 91.2. The minimum atomic E-state index is -2.87. The van der Waals surface area contributed by atoms with Crippen LogP contribution in [0.3, 0.4) is 0 Å². The fourth-order valence-electron chi connectivity index (χ4n) is 12.7. The zero-order chi connectivity index (χ0) is 58.4. The molecule has 4 heterocycles. The molecule has 86 heavy (non-hydrogen) atoms. The van der Waals surface area contributed by atoms with E-state index in [1.54, 1.807) is 0 Å². The van der Waals surface area contributed by atoms with Crippen LogP contribution in [-0.2, 0) is 37.3 Å². The van der Waals surface area contributed by atoms with Gasteiger partial charge in [0.1, 0.15) is 17.0 Å². The van der Waals surface area contributed by atoms with Gasteiger partial charge in [-0.05, 0) is 102 Å². The summed E-state index contributed by atoms with van der Waals surface area (Å²) >= 11 is 0. The maximum Gasteiger partial charge on any atom is 0.179 e. The van der Waals surface area contributed by atoms with Crippen LogP contribution in [0.5, 0.6) is 11.5 Å². The molecule has 0 saturated heterocycles. The summed E-state index contributed by atoms with van der Waals surface area (Å²) < 4.78 is 16.0. The number of fused-ring (bicyclic) bond motifs is 7. The summed E-state index contributed by atoms with van der Waals surface area (Å²) in [7, 11) is -2.87. The second kappa shape index (κ2) is 21.6. The molecular weight excluding hydrogens is 1250 g/mol. The van der Waals surface area contributed by atoms with Crippen LogP contribution in [0.1, 0.15) is 79.0 Å². The van der Waals surface area contributed by atoms with Gasteiger partial charge in [-0.2, -0.15) is 12.1 Å². The molecule has 14 rings (SSSR count). The average molecular weight is 1320 g/mol. The number of hydrogen-bond donors (Lipinski definition) is 0. The Bertz CT molecular complexity index is 4560. The third-order valence-corrected chi connectivity index (χ3v) is 21.9. The molecule has 0 amide bonds. The van der Waals surface area contributed by atoms with E-state index in [2.05, 4.69) is 308 Å². The van der Waals surface area contributed by atoms with Gasteiger partial charge in [0.15, 0.2) is 8.07 Å². The number of aromatic nitrogens is 2. The van der Waals surface area contributed by atoms with Crippen LogP contribution < -0.4 is 35.3 Å². The van der Waals surface area contributed by atoms with Gasteiger partial charge >= 0.3 is 0 Å². The van der Waals surface area contributed by atoms with Gasteiger partial charge in [0.2, 0.25) is 0 Å². The Kier molecular flexibility index (Phi) is 14.2. The van der Waals surface area contributed by atoms with Gasteiger partial charge in [0.25, 0.3) is 0 Å². The number of nitrogens with zero attached hydrogens (tertiary/aromatic N) is 4. The van der Waals surface area contributed by atoms with Crippen LogP contribution in [0.4, 0.5) is 22.7 Å². The minimum Gasteiger partial charge on any atom is -0.509 e. The fraction of sp³-hybridized carbons (Fsp3) is 0.154. The fourth-order valence-corrected chi connectivity index (χ4v) is 17.4. The molecule has 0 N–H and O–H groups in total. The molecule has 10 aromatic carbocycles. The van der Waals surface area contributed by atoms with E-state index in [9.17, 15) is 0 Å². The first-order valence-electron chi connectivity index (χ1n) is 29.5. The molecule has 0 bridgehead atoms. The molecule has 0 atom stereocenters.